The summed E-state index contributed by atoms with van der Waals surface area (Å²) in [6, 6.07) is 9.46. The predicted octanol–water partition coefficient (Wildman–Crippen LogP) is 3.90. The van der Waals surface area contributed by atoms with Crippen LogP contribution in [0.4, 0.5) is 11.6 Å². The zero-order valence-electron chi connectivity index (χ0n) is 16.4. The average molecular weight is 387 g/mol. The Morgan fingerprint density at radius 2 is 1.93 bits per heavy atom. The number of guanidine groups is 1. The summed E-state index contributed by atoms with van der Waals surface area (Å²) in [5, 5.41) is 12.0. The lowest BCUT2D eigenvalue weighted by atomic mass is 9.66. The van der Waals surface area contributed by atoms with Crippen molar-refractivity contribution in [3.63, 3.8) is 0 Å². The van der Waals surface area contributed by atoms with Crippen molar-refractivity contribution in [2.45, 2.75) is 31.6 Å². The molecule has 2 aromatic rings. The van der Waals surface area contributed by atoms with Crippen LogP contribution in [0, 0.1) is 12.3 Å². The number of hydrogen-bond acceptors (Lipinski definition) is 4. The van der Waals surface area contributed by atoms with Gasteiger partial charge in [-0.2, -0.15) is 0 Å². The Labute approximate surface area is 166 Å². The van der Waals surface area contributed by atoms with Crippen molar-refractivity contribution in [3.8, 4) is 0 Å². The molecule has 0 unspecified atom stereocenters. The Bertz CT molecular complexity index is 831. The van der Waals surface area contributed by atoms with Gasteiger partial charge in [0, 0.05) is 24.7 Å². The number of likely N-dealkylation sites (N-methyl/N-ethyl adjacent to an activating group) is 1. The van der Waals surface area contributed by atoms with Gasteiger partial charge in [-0.3, -0.25) is 10.3 Å². The number of benzene rings is 1. The summed E-state index contributed by atoms with van der Waals surface area (Å²) in [4.78, 5) is 13.3. The highest BCUT2D eigenvalue weighted by Crippen LogP contribution is 2.43. The summed E-state index contributed by atoms with van der Waals surface area (Å²) in [5.74, 6) is 0.703. The number of halogens is 1. The molecule has 1 aliphatic carbocycles. The topological polar surface area (TPSA) is 68.1 Å². The minimum absolute atomic E-state index is 0.0884. The molecule has 6 nitrogen and oxygen atoms in total. The van der Waals surface area contributed by atoms with E-state index in [1.165, 1.54) is 6.42 Å². The molecular formula is C20H27ClN6. The summed E-state index contributed by atoms with van der Waals surface area (Å²) >= 11 is 6.19. The van der Waals surface area contributed by atoms with Crippen LogP contribution in [0.1, 0.15) is 30.7 Å². The van der Waals surface area contributed by atoms with E-state index in [1.807, 2.05) is 25.1 Å². The average Bonchev–Trinajstić information content (AvgIpc) is 2.58. The third-order valence-corrected chi connectivity index (χ3v) is 5.41. The first-order valence-electron chi connectivity index (χ1n) is 9.15. The van der Waals surface area contributed by atoms with E-state index in [1.54, 1.807) is 18.0 Å². The maximum absolute atomic E-state index is 8.40. The highest BCUT2D eigenvalue weighted by atomic mass is 35.5. The van der Waals surface area contributed by atoms with Crippen molar-refractivity contribution in [1.82, 2.24) is 14.9 Å². The second-order valence-corrected chi connectivity index (χ2v) is 7.99. The van der Waals surface area contributed by atoms with Crippen molar-refractivity contribution in [2.24, 2.45) is 0 Å². The number of nitrogens with zero attached hydrogens (tertiary/aromatic N) is 4. The summed E-state index contributed by atoms with van der Waals surface area (Å²) in [6.07, 6.45) is 3.51. The molecule has 0 spiro atoms. The van der Waals surface area contributed by atoms with Gasteiger partial charge >= 0.3 is 0 Å². The van der Waals surface area contributed by atoms with Gasteiger partial charge < -0.3 is 10.2 Å². The van der Waals surface area contributed by atoms with Crippen LogP contribution in [0.5, 0.6) is 0 Å². The Morgan fingerprint density at radius 1 is 1.22 bits per heavy atom. The van der Waals surface area contributed by atoms with Gasteiger partial charge in [0.05, 0.1) is 16.4 Å². The standard InChI is InChI=1S/C20H27ClN6/c1-14-12-17(20(10-7-11-20)13-26(2)3)25-19(23-14)27(4)18(22)24-16-9-6-5-8-15(16)21/h5-6,8-9,12H,7,10-11,13H2,1-4H3,(H2,22,24). The van der Waals surface area contributed by atoms with Crippen LogP contribution >= 0.6 is 11.6 Å². The van der Waals surface area contributed by atoms with Gasteiger partial charge in [0.25, 0.3) is 0 Å². The third kappa shape index (κ3) is 4.22. The first-order valence-corrected chi connectivity index (χ1v) is 9.53. The zero-order valence-corrected chi connectivity index (χ0v) is 17.1. The van der Waals surface area contributed by atoms with E-state index >= 15 is 0 Å². The van der Waals surface area contributed by atoms with Crippen LogP contribution in [0.25, 0.3) is 0 Å². The quantitative estimate of drug-likeness (QED) is 0.602. The zero-order chi connectivity index (χ0) is 19.6. The molecule has 27 heavy (non-hydrogen) atoms. The lowest BCUT2D eigenvalue weighted by Gasteiger charge is -2.43. The molecule has 0 radical (unpaired) electrons. The normalized spacial score (nSPS) is 15.3. The van der Waals surface area contributed by atoms with E-state index in [0.717, 1.165) is 30.8 Å². The molecule has 0 atom stereocenters. The first-order chi connectivity index (χ1) is 12.8. The van der Waals surface area contributed by atoms with Crippen molar-refractivity contribution < 1.29 is 0 Å². The molecule has 1 saturated carbocycles. The lowest BCUT2D eigenvalue weighted by Crippen LogP contribution is -2.44. The molecule has 0 bridgehead atoms. The Hall–Kier alpha value is -2.18. The molecule has 1 aromatic heterocycles. The van der Waals surface area contributed by atoms with Gasteiger partial charge in [0.2, 0.25) is 11.9 Å². The molecule has 144 valence electrons. The Balaban J connectivity index is 1.85. The lowest BCUT2D eigenvalue weighted by molar-refractivity contribution is 0.172. The molecule has 1 fully saturated rings. The van der Waals surface area contributed by atoms with Gasteiger partial charge in [-0.05, 0) is 52.1 Å². The van der Waals surface area contributed by atoms with Gasteiger partial charge in [-0.1, -0.05) is 30.2 Å². The summed E-state index contributed by atoms with van der Waals surface area (Å²) in [5.41, 5.74) is 2.76. The van der Waals surface area contributed by atoms with E-state index < -0.39 is 0 Å². The minimum atomic E-state index is 0.0884. The molecule has 7 heteroatoms. The van der Waals surface area contributed by atoms with Crippen molar-refractivity contribution in [1.29, 1.82) is 5.41 Å². The second kappa shape index (κ2) is 7.82. The molecule has 2 N–H and O–H groups in total. The SMILES string of the molecule is Cc1cc(C2(CN(C)C)CCC2)nc(N(C)C(=N)Nc2ccccc2Cl)n1. The van der Waals surface area contributed by atoms with E-state index in [9.17, 15) is 0 Å². The fraction of sp³-hybridized carbons (Fsp3) is 0.450. The first kappa shape index (κ1) is 19.6. The number of rotatable bonds is 5. The van der Waals surface area contributed by atoms with E-state index in [2.05, 4.69) is 35.4 Å². The van der Waals surface area contributed by atoms with Gasteiger partial charge in [-0.15, -0.1) is 0 Å². The number of aryl methyl sites for hydroxylation is 1. The number of para-hydroxylation sites is 1. The Morgan fingerprint density at radius 3 is 2.52 bits per heavy atom. The third-order valence-electron chi connectivity index (χ3n) is 5.08. The van der Waals surface area contributed by atoms with Gasteiger partial charge in [0.15, 0.2) is 0 Å². The number of anilines is 2. The number of hydrogen-bond donors (Lipinski definition) is 2. The maximum atomic E-state index is 8.40. The van der Waals surface area contributed by atoms with Crippen LogP contribution in [-0.4, -0.2) is 48.5 Å². The fourth-order valence-electron chi connectivity index (χ4n) is 3.55. The van der Waals surface area contributed by atoms with Crippen molar-refractivity contribution in [2.75, 3.05) is 37.9 Å². The number of nitrogens with one attached hydrogen (secondary N) is 2. The summed E-state index contributed by atoms with van der Waals surface area (Å²) in [7, 11) is 6.00. The van der Waals surface area contributed by atoms with Crippen LogP contribution in [0.3, 0.4) is 0 Å². The van der Waals surface area contributed by atoms with Gasteiger partial charge in [-0.25, -0.2) is 9.97 Å². The molecule has 3 rings (SSSR count). The molecule has 0 amide bonds. The van der Waals surface area contributed by atoms with E-state index in [0.29, 0.717) is 16.7 Å². The van der Waals surface area contributed by atoms with E-state index in [-0.39, 0.29) is 11.4 Å². The largest absolute Gasteiger partial charge is 0.325 e. The number of aromatic nitrogens is 2. The minimum Gasteiger partial charge on any atom is -0.325 e. The molecule has 1 aromatic carbocycles. The van der Waals surface area contributed by atoms with E-state index in [4.69, 9.17) is 22.0 Å². The highest BCUT2D eigenvalue weighted by Gasteiger charge is 2.41. The molecule has 1 aliphatic rings. The molecule has 1 heterocycles. The smallest absolute Gasteiger partial charge is 0.232 e. The maximum Gasteiger partial charge on any atom is 0.232 e. The van der Waals surface area contributed by atoms with Crippen molar-refractivity contribution >= 4 is 29.2 Å². The monoisotopic (exact) mass is 386 g/mol. The molecule has 0 aliphatic heterocycles. The molecular weight excluding hydrogens is 360 g/mol. The molecule has 0 saturated heterocycles. The van der Waals surface area contributed by atoms with Crippen LogP contribution in [-0.2, 0) is 5.41 Å². The predicted molar refractivity (Wildman–Crippen MR) is 112 cm³/mol. The van der Waals surface area contributed by atoms with Crippen LogP contribution in [0.2, 0.25) is 5.02 Å². The van der Waals surface area contributed by atoms with Crippen LogP contribution in [0.15, 0.2) is 30.3 Å². The Kier molecular flexibility index (Phi) is 5.67. The van der Waals surface area contributed by atoms with Crippen LogP contribution < -0.4 is 10.2 Å². The second-order valence-electron chi connectivity index (χ2n) is 7.58. The fourth-order valence-corrected chi connectivity index (χ4v) is 3.74. The highest BCUT2D eigenvalue weighted by molar-refractivity contribution is 6.33. The van der Waals surface area contributed by atoms with Crippen molar-refractivity contribution in [3.05, 3.63) is 46.7 Å². The van der Waals surface area contributed by atoms with Gasteiger partial charge in [0.1, 0.15) is 0 Å². The summed E-state index contributed by atoms with van der Waals surface area (Å²) < 4.78 is 0. The summed E-state index contributed by atoms with van der Waals surface area (Å²) in [6.45, 7) is 2.96.